The highest BCUT2D eigenvalue weighted by atomic mass is 16.5. The minimum Gasteiger partial charge on any atom is -0.494 e. The zero-order valence-corrected chi connectivity index (χ0v) is 22.9. The van der Waals surface area contributed by atoms with E-state index in [2.05, 4.69) is 13.8 Å². The number of carbonyl (C=O) groups is 2. The van der Waals surface area contributed by atoms with Gasteiger partial charge in [0.05, 0.1) is 57.4 Å². The Morgan fingerprint density at radius 2 is 1.15 bits per heavy atom. The van der Waals surface area contributed by atoms with Crippen LogP contribution in [0, 0.1) is 10.8 Å². The number of carbonyl (C=O) groups excluding carboxylic acids is 2. The summed E-state index contributed by atoms with van der Waals surface area (Å²) in [5.74, 6) is 0.498. The van der Waals surface area contributed by atoms with Gasteiger partial charge in [0.1, 0.15) is 17.2 Å². The van der Waals surface area contributed by atoms with Gasteiger partial charge in [-0.3, -0.25) is 0 Å². The molecule has 0 bridgehead atoms. The van der Waals surface area contributed by atoms with Crippen LogP contribution in [0.2, 0.25) is 0 Å². The summed E-state index contributed by atoms with van der Waals surface area (Å²) in [4.78, 5) is 25.2. The molecule has 2 heterocycles. The molecule has 8 heteroatoms. The van der Waals surface area contributed by atoms with Crippen LogP contribution in [0.1, 0.15) is 46.5 Å². The van der Waals surface area contributed by atoms with Crippen LogP contribution in [0.25, 0.3) is 0 Å². The number of hydrogen-bond donors (Lipinski definition) is 0. The lowest BCUT2D eigenvalue weighted by molar-refractivity contribution is -0.140. The third-order valence-electron chi connectivity index (χ3n) is 7.02. The molecule has 2 aliphatic heterocycles. The van der Waals surface area contributed by atoms with Crippen LogP contribution in [0.15, 0.2) is 72.8 Å². The number of ether oxygens (including phenoxy) is 6. The zero-order valence-electron chi connectivity index (χ0n) is 22.9. The largest absolute Gasteiger partial charge is 0.494 e. The molecule has 2 saturated heterocycles. The molecule has 0 unspecified atom stereocenters. The zero-order chi connectivity index (χ0) is 28.0. The van der Waals surface area contributed by atoms with Crippen molar-refractivity contribution in [3.05, 3.63) is 89.5 Å². The molecule has 0 N–H and O–H groups in total. The summed E-state index contributed by atoms with van der Waals surface area (Å²) in [7, 11) is 0. The van der Waals surface area contributed by atoms with Crippen molar-refractivity contribution < 1.29 is 38.0 Å². The highest BCUT2D eigenvalue weighted by molar-refractivity contribution is 5.94. The SMILES string of the molecule is CC1(CCOc2ccc(OC(=O)c3ccc(C(=O)Oc4ccc(COCC5(C)COC5)cc4)cc3)cc2)COC1. The Labute approximate surface area is 234 Å². The van der Waals surface area contributed by atoms with Gasteiger partial charge in [-0.05, 0) is 72.6 Å². The van der Waals surface area contributed by atoms with Gasteiger partial charge in [0, 0.05) is 10.8 Å². The Morgan fingerprint density at radius 3 is 1.62 bits per heavy atom. The van der Waals surface area contributed by atoms with E-state index in [9.17, 15) is 9.59 Å². The van der Waals surface area contributed by atoms with E-state index in [1.54, 1.807) is 36.4 Å². The molecule has 8 nitrogen and oxygen atoms in total. The van der Waals surface area contributed by atoms with Crippen LogP contribution in [-0.4, -0.2) is 51.6 Å². The van der Waals surface area contributed by atoms with Gasteiger partial charge in [-0.1, -0.05) is 26.0 Å². The smallest absolute Gasteiger partial charge is 0.343 e. The fourth-order valence-corrected chi connectivity index (χ4v) is 4.29. The normalized spacial score (nSPS) is 16.8. The molecule has 0 aromatic heterocycles. The van der Waals surface area contributed by atoms with Gasteiger partial charge in [0.2, 0.25) is 0 Å². The summed E-state index contributed by atoms with van der Waals surface area (Å²) in [6.07, 6.45) is 0.922. The molecule has 0 aliphatic carbocycles. The third kappa shape index (κ3) is 7.27. The molecule has 3 aromatic rings. The lowest BCUT2D eigenvalue weighted by Gasteiger charge is -2.37. The highest BCUT2D eigenvalue weighted by Crippen LogP contribution is 2.31. The summed E-state index contributed by atoms with van der Waals surface area (Å²) < 4.78 is 33.0. The fourth-order valence-electron chi connectivity index (χ4n) is 4.29. The molecular weight excluding hydrogens is 512 g/mol. The van der Waals surface area contributed by atoms with Crippen molar-refractivity contribution in [1.29, 1.82) is 0 Å². The Hall–Kier alpha value is -3.72. The Balaban J connectivity index is 1.06. The average Bonchev–Trinajstić information content (AvgIpc) is 2.93. The number of hydrogen-bond acceptors (Lipinski definition) is 8. The monoisotopic (exact) mass is 546 g/mol. The van der Waals surface area contributed by atoms with Gasteiger partial charge in [0.15, 0.2) is 0 Å². The molecule has 40 heavy (non-hydrogen) atoms. The summed E-state index contributed by atoms with van der Waals surface area (Å²) in [6.45, 7) is 9.04. The Bertz CT molecular complexity index is 1190. The van der Waals surface area contributed by atoms with Gasteiger partial charge < -0.3 is 28.4 Å². The predicted octanol–water partition coefficient (Wildman–Crippen LogP) is 5.48. The van der Waals surface area contributed by atoms with Gasteiger partial charge in [-0.25, -0.2) is 9.59 Å². The second-order valence-electron chi connectivity index (χ2n) is 11.2. The second-order valence-corrected chi connectivity index (χ2v) is 11.2. The minimum atomic E-state index is -0.525. The van der Waals surface area contributed by atoms with E-state index in [0.717, 1.165) is 38.4 Å². The van der Waals surface area contributed by atoms with E-state index < -0.39 is 11.9 Å². The number of esters is 2. The van der Waals surface area contributed by atoms with Crippen molar-refractivity contribution in [1.82, 2.24) is 0 Å². The van der Waals surface area contributed by atoms with Crippen molar-refractivity contribution in [2.24, 2.45) is 10.8 Å². The van der Waals surface area contributed by atoms with Gasteiger partial charge in [-0.2, -0.15) is 0 Å². The van der Waals surface area contributed by atoms with E-state index >= 15 is 0 Å². The number of rotatable bonds is 12. The molecule has 0 radical (unpaired) electrons. The average molecular weight is 547 g/mol. The summed E-state index contributed by atoms with van der Waals surface area (Å²) >= 11 is 0. The van der Waals surface area contributed by atoms with Crippen molar-refractivity contribution >= 4 is 11.9 Å². The summed E-state index contributed by atoms with van der Waals surface area (Å²) in [5, 5.41) is 0. The number of benzene rings is 3. The van der Waals surface area contributed by atoms with Crippen molar-refractivity contribution in [2.75, 3.05) is 39.6 Å². The van der Waals surface area contributed by atoms with Crippen LogP contribution in [0.4, 0.5) is 0 Å². The van der Waals surface area contributed by atoms with Crippen LogP contribution < -0.4 is 14.2 Å². The molecule has 5 rings (SSSR count). The first-order valence-corrected chi connectivity index (χ1v) is 13.4. The topological polar surface area (TPSA) is 89.5 Å². The molecule has 210 valence electrons. The van der Waals surface area contributed by atoms with Crippen molar-refractivity contribution in [3.8, 4) is 17.2 Å². The molecule has 2 aliphatic rings. The van der Waals surface area contributed by atoms with Crippen LogP contribution >= 0.6 is 0 Å². The second kappa shape index (κ2) is 12.2. The molecule has 0 saturated carbocycles. The molecule has 3 aromatic carbocycles. The molecular formula is C32H34O8. The quantitative estimate of drug-likeness (QED) is 0.218. The fraction of sp³-hybridized carbons (Fsp3) is 0.375. The molecule has 2 fully saturated rings. The summed E-state index contributed by atoms with van der Waals surface area (Å²) in [6, 6.07) is 20.3. The molecule has 0 spiro atoms. The molecule has 0 amide bonds. The first kappa shape index (κ1) is 27.8. The lowest BCUT2D eigenvalue weighted by Crippen LogP contribution is -2.43. The van der Waals surface area contributed by atoms with Gasteiger partial charge in [0.25, 0.3) is 0 Å². The van der Waals surface area contributed by atoms with E-state index in [4.69, 9.17) is 28.4 Å². The standard InChI is InChI=1S/C32H34O8/c1-31(18-36-19-31)15-16-38-26-11-13-28(14-12-26)40-30(34)25-7-5-24(6-8-25)29(33)39-27-9-3-23(4-10-27)17-35-20-32(2)21-37-22-32/h3-14H,15-22H2,1-2H3. The van der Waals surface area contributed by atoms with E-state index in [1.165, 1.54) is 24.3 Å². The summed E-state index contributed by atoms with van der Waals surface area (Å²) in [5.41, 5.74) is 1.94. The van der Waals surface area contributed by atoms with E-state index in [0.29, 0.717) is 48.2 Å². The highest BCUT2D eigenvalue weighted by Gasteiger charge is 2.34. The molecule has 0 atom stereocenters. The van der Waals surface area contributed by atoms with Crippen LogP contribution in [0.5, 0.6) is 17.2 Å². The first-order valence-electron chi connectivity index (χ1n) is 13.4. The first-order chi connectivity index (χ1) is 19.3. The van der Waals surface area contributed by atoms with Crippen molar-refractivity contribution in [2.45, 2.75) is 26.9 Å². The van der Waals surface area contributed by atoms with E-state index in [-0.39, 0.29) is 10.8 Å². The van der Waals surface area contributed by atoms with Crippen LogP contribution in [-0.2, 0) is 20.8 Å². The maximum Gasteiger partial charge on any atom is 0.343 e. The maximum atomic E-state index is 12.6. The maximum absolute atomic E-state index is 12.6. The Morgan fingerprint density at radius 1 is 0.675 bits per heavy atom. The van der Waals surface area contributed by atoms with Gasteiger partial charge >= 0.3 is 11.9 Å². The Kier molecular flexibility index (Phi) is 8.49. The van der Waals surface area contributed by atoms with Crippen molar-refractivity contribution in [3.63, 3.8) is 0 Å². The lowest BCUT2D eigenvalue weighted by atomic mass is 9.85. The minimum absolute atomic E-state index is 0.104. The van der Waals surface area contributed by atoms with Crippen LogP contribution in [0.3, 0.4) is 0 Å². The predicted molar refractivity (Wildman–Crippen MR) is 147 cm³/mol. The van der Waals surface area contributed by atoms with E-state index in [1.807, 2.05) is 12.1 Å². The third-order valence-corrected chi connectivity index (χ3v) is 7.02. The van der Waals surface area contributed by atoms with Gasteiger partial charge in [-0.15, -0.1) is 0 Å².